The van der Waals surface area contributed by atoms with Crippen LogP contribution in [0.3, 0.4) is 0 Å². The summed E-state index contributed by atoms with van der Waals surface area (Å²) in [6.07, 6.45) is 1.38. The first-order valence-corrected chi connectivity index (χ1v) is 6.34. The van der Waals surface area contributed by atoms with Crippen LogP contribution in [0.25, 0.3) is 0 Å². The van der Waals surface area contributed by atoms with Crippen LogP contribution in [-0.4, -0.2) is 24.0 Å². The summed E-state index contributed by atoms with van der Waals surface area (Å²) in [5.74, 6) is -0.723. The molecule has 0 aliphatic rings. The van der Waals surface area contributed by atoms with E-state index in [2.05, 4.69) is 15.0 Å². The standard InChI is InChI=1S/C13H12N2O3S/c1-8-3-5-9(6-4-8)11(16)15-13-14-7-10(19-13)12(17)18-2/h3-7H,1-2H3,(H,14,15,16). The predicted molar refractivity (Wildman–Crippen MR) is 72.6 cm³/mol. The summed E-state index contributed by atoms with van der Waals surface area (Å²) >= 11 is 1.07. The summed E-state index contributed by atoms with van der Waals surface area (Å²) in [7, 11) is 1.30. The molecular weight excluding hydrogens is 264 g/mol. The van der Waals surface area contributed by atoms with Gasteiger partial charge in [0.2, 0.25) is 0 Å². The molecule has 6 heteroatoms. The molecule has 0 saturated carbocycles. The largest absolute Gasteiger partial charge is 0.465 e. The van der Waals surface area contributed by atoms with E-state index in [1.54, 1.807) is 12.1 Å². The van der Waals surface area contributed by atoms with Crippen LogP contribution < -0.4 is 5.32 Å². The Hall–Kier alpha value is -2.21. The molecule has 2 rings (SSSR count). The van der Waals surface area contributed by atoms with Crippen LogP contribution >= 0.6 is 11.3 Å². The molecule has 0 spiro atoms. The molecule has 5 nitrogen and oxygen atoms in total. The lowest BCUT2D eigenvalue weighted by atomic mass is 10.1. The number of esters is 1. The number of carbonyl (C=O) groups is 2. The second-order valence-corrected chi connectivity index (χ2v) is 4.87. The van der Waals surface area contributed by atoms with Gasteiger partial charge in [0.1, 0.15) is 4.88 Å². The van der Waals surface area contributed by atoms with Gasteiger partial charge in [0.05, 0.1) is 13.3 Å². The number of hydrogen-bond acceptors (Lipinski definition) is 5. The summed E-state index contributed by atoms with van der Waals surface area (Å²) in [6.45, 7) is 1.95. The van der Waals surface area contributed by atoms with Gasteiger partial charge in [-0.3, -0.25) is 10.1 Å². The summed E-state index contributed by atoms with van der Waals surface area (Å²) in [4.78, 5) is 27.5. The summed E-state index contributed by atoms with van der Waals surface area (Å²) in [6, 6.07) is 7.19. The van der Waals surface area contributed by atoms with E-state index in [9.17, 15) is 9.59 Å². The zero-order valence-corrected chi connectivity index (χ0v) is 11.3. The smallest absolute Gasteiger partial charge is 0.349 e. The van der Waals surface area contributed by atoms with Crippen molar-refractivity contribution in [3.05, 3.63) is 46.5 Å². The van der Waals surface area contributed by atoms with Crippen molar-refractivity contribution in [1.82, 2.24) is 4.98 Å². The highest BCUT2D eigenvalue weighted by Crippen LogP contribution is 2.19. The highest BCUT2D eigenvalue weighted by molar-refractivity contribution is 7.17. The fourth-order valence-electron chi connectivity index (χ4n) is 1.40. The molecule has 1 heterocycles. The Morgan fingerprint density at radius 3 is 2.58 bits per heavy atom. The first kappa shape index (κ1) is 13.2. The number of nitrogens with zero attached hydrogens (tertiary/aromatic N) is 1. The maximum atomic E-state index is 11.9. The van der Waals surface area contributed by atoms with Crippen molar-refractivity contribution in [2.75, 3.05) is 12.4 Å². The Morgan fingerprint density at radius 2 is 1.95 bits per heavy atom. The Bertz CT molecular complexity index is 605. The topological polar surface area (TPSA) is 68.3 Å². The molecule has 98 valence electrons. The molecule has 0 atom stereocenters. The quantitative estimate of drug-likeness (QED) is 0.874. The van der Waals surface area contributed by atoms with Gasteiger partial charge in [0, 0.05) is 5.56 Å². The van der Waals surface area contributed by atoms with Gasteiger partial charge in [-0.1, -0.05) is 29.0 Å². The minimum absolute atomic E-state index is 0.259. The molecule has 0 aliphatic carbocycles. The van der Waals surface area contributed by atoms with Crippen molar-refractivity contribution in [1.29, 1.82) is 0 Å². The van der Waals surface area contributed by atoms with E-state index in [1.807, 2.05) is 19.1 Å². The first-order chi connectivity index (χ1) is 9.10. The van der Waals surface area contributed by atoms with Crippen molar-refractivity contribution < 1.29 is 14.3 Å². The van der Waals surface area contributed by atoms with E-state index in [4.69, 9.17) is 0 Å². The van der Waals surface area contributed by atoms with Crippen molar-refractivity contribution in [3.8, 4) is 0 Å². The SMILES string of the molecule is COC(=O)c1cnc(NC(=O)c2ccc(C)cc2)s1. The number of anilines is 1. The molecule has 0 aliphatic heterocycles. The third-order valence-electron chi connectivity index (χ3n) is 2.43. The van der Waals surface area contributed by atoms with Crippen LogP contribution in [0.1, 0.15) is 25.6 Å². The molecule has 0 bridgehead atoms. The van der Waals surface area contributed by atoms with E-state index >= 15 is 0 Å². The van der Waals surface area contributed by atoms with Gasteiger partial charge in [0.25, 0.3) is 5.91 Å². The average molecular weight is 276 g/mol. The maximum absolute atomic E-state index is 11.9. The summed E-state index contributed by atoms with van der Waals surface area (Å²) < 4.78 is 4.57. The average Bonchev–Trinajstić information content (AvgIpc) is 2.87. The van der Waals surface area contributed by atoms with Crippen molar-refractivity contribution >= 4 is 28.3 Å². The fourth-order valence-corrected chi connectivity index (χ4v) is 2.13. The van der Waals surface area contributed by atoms with Crippen molar-refractivity contribution in [2.45, 2.75) is 6.92 Å². The minimum atomic E-state index is -0.465. The molecule has 0 saturated heterocycles. The molecule has 2 aromatic rings. The van der Waals surface area contributed by atoms with E-state index in [1.165, 1.54) is 13.3 Å². The van der Waals surface area contributed by atoms with Crippen molar-refractivity contribution in [2.24, 2.45) is 0 Å². The van der Waals surface area contributed by atoms with Gasteiger partial charge in [0.15, 0.2) is 5.13 Å². The molecule has 1 aromatic heterocycles. The molecular formula is C13H12N2O3S. The Kier molecular flexibility index (Phi) is 3.91. The number of ether oxygens (including phenoxy) is 1. The number of methoxy groups -OCH3 is 1. The van der Waals surface area contributed by atoms with Gasteiger partial charge in [-0.15, -0.1) is 0 Å². The highest BCUT2D eigenvalue weighted by atomic mass is 32.1. The van der Waals surface area contributed by atoms with E-state index in [-0.39, 0.29) is 5.91 Å². The lowest BCUT2D eigenvalue weighted by Gasteiger charge is -2.01. The van der Waals surface area contributed by atoms with Crippen LogP contribution in [0.5, 0.6) is 0 Å². The molecule has 1 aromatic carbocycles. The number of rotatable bonds is 3. The lowest BCUT2D eigenvalue weighted by molar-refractivity contribution is 0.0606. The highest BCUT2D eigenvalue weighted by Gasteiger charge is 2.13. The van der Waals surface area contributed by atoms with Gasteiger partial charge in [-0.2, -0.15) is 0 Å². The molecule has 0 unspecified atom stereocenters. The van der Waals surface area contributed by atoms with Gasteiger partial charge in [-0.05, 0) is 19.1 Å². The Morgan fingerprint density at radius 1 is 1.26 bits per heavy atom. The second-order valence-electron chi connectivity index (χ2n) is 3.84. The normalized spacial score (nSPS) is 10.0. The number of nitrogens with one attached hydrogen (secondary N) is 1. The Labute approximate surface area is 114 Å². The van der Waals surface area contributed by atoms with E-state index < -0.39 is 5.97 Å². The minimum Gasteiger partial charge on any atom is -0.465 e. The number of thiazole rings is 1. The third-order valence-corrected chi connectivity index (χ3v) is 3.32. The zero-order chi connectivity index (χ0) is 13.8. The molecule has 19 heavy (non-hydrogen) atoms. The van der Waals surface area contributed by atoms with Crippen LogP contribution in [0, 0.1) is 6.92 Å². The number of benzene rings is 1. The van der Waals surface area contributed by atoms with E-state index in [0.29, 0.717) is 15.6 Å². The van der Waals surface area contributed by atoms with E-state index in [0.717, 1.165) is 16.9 Å². The number of aromatic nitrogens is 1. The fraction of sp³-hybridized carbons (Fsp3) is 0.154. The van der Waals surface area contributed by atoms with Crippen LogP contribution in [0.4, 0.5) is 5.13 Å². The predicted octanol–water partition coefficient (Wildman–Crippen LogP) is 2.49. The first-order valence-electron chi connectivity index (χ1n) is 5.52. The third kappa shape index (κ3) is 3.17. The zero-order valence-electron chi connectivity index (χ0n) is 10.5. The number of aryl methyl sites for hydroxylation is 1. The number of carbonyl (C=O) groups excluding carboxylic acids is 2. The monoisotopic (exact) mass is 276 g/mol. The summed E-state index contributed by atoms with van der Waals surface area (Å²) in [5.41, 5.74) is 1.62. The second kappa shape index (κ2) is 5.62. The molecule has 1 amide bonds. The van der Waals surface area contributed by atoms with Crippen LogP contribution in [0.2, 0.25) is 0 Å². The summed E-state index contributed by atoms with van der Waals surface area (Å²) in [5, 5.41) is 3.00. The molecule has 0 radical (unpaired) electrons. The molecule has 0 fully saturated rings. The maximum Gasteiger partial charge on any atom is 0.349 e. The van der Waals surface area contributed by atoms with Gasteiger partial charge in [-0.25, -0.2) is 9.78 Å². The number of amides is 1. The van der Waals surface area contributed by atoms with Gasteiger partial charge < -0.3 is 4.74 Å². The Balaban J connectivity index is 2.08. The van der Waals surface area contributed by atoms with Crippen LogP contribution in [0.15, 0.2) is 30.5 Å². The molecule has 1 N–H and O–H groups in total. The van der Waals surface area contributed by atoms with Crippen LogP contribution in [-0.2, 0) is 4.74 Å². The van der Waals surface area contributed by atoms with Crippen molar-refractivity contribution in [3.63, 3.8) is 0 Å². The lowest BCUT2D eigenvalue weighted by Crippen LogP contribution is -2.11. The number of hydrogen-bond donors (Lipinski definition) is 1. The van der Waals surface area contributed by atoms with Gasteiger partial charge >= 0.3 is 5.97 Å².